The number of carbonyl (C=O) groups is 1. The topological polar surface area (TPSA) is 83.3 Å². The first-order chi connectivity index (χ1) is 10.4. The maximum Gasteiger partial charge on any atom is 0.251 e. The third kappa shape index (κ3) is 4.37. The minimum absolute atomic E-state index is 0.178. The molecule has 0 saturated carbocycles. The third-order valence-corrected chi connectivity index (χ3v) is 3.08. The number of amides is 1. The van der Waals surface area contributed by atoms with Crippen LogP contribution in [0.5, 0.6) is 0 Å². The number of aliphatic hydroxyl groups is 1. The molecule has 0 bridgehead atoms. The molecule has 0 aliphatic heterocycles. The second-order valence-corrected chi connectivity index (χ2v) is 5.82. The second kappa shape index (κ2) is 6.67. The normalized spacial score (nSPS) is 13.9. The van der Waals surface area contributed by atoms with Gasteiger partial charge >= 0.3 is 0 Å². The van der Waals surface area contributed by atoms with Gasteiger partial charge in [0.2, 0.25) is 0 Å². The first kappa shape index (κ1) is 16.1. The zero-order valence-electron chi connectivity index (χ0n) is 13.0. The molecule has 0 spiro atoms. The third-order valence-electron chi connectivity index (χ3n) is 3.08. The lowest BCUT2D eigenvalue weighted by Gasteiger charge is -2.27. The average molecular weight is 303 g/mol. The van der Waals surface area contributed by atoms with Crippen molar-refractivity contribution in [3.05, 3.63) is 42.2 Å². The quantitative estimate of drug-likeness (QED) is 0.802. The summed E-state index contributed by atoms with van der Waals surface area (Å²) >= 11 is 0. The molecular weight excluding hydrogens is 282 g/mol. The van der Waals surface area contributed by atoms with E-state index >= 15 is 0 Å². The first-order valence-electron chi connectivity index (χ1n) is 6.99. The Morgan fingerprint density at radius 1 is 1.45 bits per heavy atom. The molecular formula is C15H21N5O2. The fourth-order valence-corrected chi connectivity index (χ4v) is 2.25. The van der Waals surface area contributed by atoms with Gasteiger partial charge in [-0.1, -0.05) is 11.3 Å². The fraction of sp³-hybridized carbons (Fsp3) is 0.400. The average Bonchev–Trinajstić information content (AvgIpc) is 2.98. The van der Waals surface area contributed by atoms with Crippen molar-refractivity contribution in [1.82, 2.24) is 25.2 Å². The molecule has 0 aliphatic rings. The minimum atomic E-state index is -0.983. The van der Waals surface area contributed by atoms with Gasteiger partial charge < -0.3 is 15.3 Å². The number of hydrogen-bond acceptors (Lipinski definition) is 5. The van der Waals surface area contributed by atoms with Gasteiger partial charge in [0.1, 0.15) is 0 Å². The van der Waals surface area contributed by atoms with Crippen molar-refractivity contribution in [2.45, 2.75) is 12.5 Å². The summed E-state index contributed by atoms with van der Waals surface area (Å²) in [5.74, 6) is -0.235. The number of likely N-dealkylation sites (N-methyl/N-ethyl adjacent to an activating group) is 1. The largest absolute Gasteiger partial charge is 0.387 e. The Kier molecular flexibility index (Phi) is 4.89. The Bertz CT molecular complexity index is 623. The van der Waals surface area contributed by atoms with Crippen molar-refractivity contribution in [3.63, 3.8) is 0 Å². The maximum absolute atomic E-state index is 12.2. The lowest BCUT2D eigenvalue weighted by atomic mass is 10.1. The van der Waals surface area contributed by atoms with Crippen molar-refractivity contribution < 1.29 is 9.90 Å². The number of aromatic nitrogens is 3. The number of carbonyl (C=O) groups excluding carboxylic acids is 1. The number of hydrogen-bond donors (Lipinski definition) is 2. The van der Waals surface area contributed by atoms with Crippen LogP contribution in [0.2, 0.25) is 0 Å². The molecule has 7 nitrogen and oxygen atoms in total. The summed E-state index contributed by atoms with van der Waals surface area (Å²) in [6.45, 7) is 2.34. The first-order valence-corrected chi connectivity index (χ1v) is 6.99. The standard InChI is InChI=1S/C15H21N5O2/c1-15(22,11-19(2)3)10-16-14(21)12-5-4-6-13(9-12)20-8-7-17-18-20/h4-9,22H,10-11H2,1-3H3,(H,16,21). The van der Waals surface area contributed by atoms with Crippen LogP contribution >= 0.6 is 0 Å². The van der Waals surface area contributed by atoms with Crippen LogP contribution in [0.15, 0.2) is 36.7 Å². The van der Waals surface area contributed by atoms with Gasteiger partial charge in [0.15, 0.2) is 0 Å². The van der Waals surface area contributed by atoms with Gasteiger partial charge in [0, 0.05) is 18.7 Å². The van der Waals surface area contributed by atoms with Crippen LogP contribution in [0, 0.1) is 0 Å². The van der Waals surface area contributed by atoms with E-state index in [0.29, 0.717) is 12.1 Å². The SMILES string of the molecule is CN(C)CC(C)(O)CNC(=O)c1cccc(-n2ccnn2)c1. The highest BCUT2D eigenvalue weighted by Crippen LogP contribution is 2.10. The summed E-state index contributed by atoms with van der Waals surface area (Å²) in [7, 11) is 3.75. The molecule has 1 unspecified atom stereocenters. The highest BCUT2D eigenvalue weighted by Gasteiger charge is 2.22. The molecule has 2 rings (SSSR count). The van der Waals surface area contributed by atoms with Crippen molar-refractivity contribution in [2.75, 3.05) is 27.2 Å². The van der Waals surface area contributed by atoms with Crippen molar-refractivity contribution in [1.29, 1.82) is 0 Å². The lowest BCUT2D eigenvalue weighted by molar-refractivity contribution is 0.0326. The molecule has 1 aromatic carbocycles. The summed E-state index contributed by atoms with van der Waals surface area (Å²) in [5, 5.41) is 20.6. The highest BCUT2D eigenvalue weighted by atomic mass is 16.3. The van der Waals surface area contributed by atoms with Gasteiger partial charge in [-0.3, -0.25) is 4.79 Å². The Balaban J connectivity index is 2.03. The fourth-order valence-electron chi connectivity index (χ4n) is 2.25. The Labute approximate surface area is 129 Å². The zero-order chi connectivity index (χ0) is 16.2. The molecule has 1 atom stereocenters. The summed E-state index contributed by atoms with van der Waals surface area (Å²) in [6, 6.07) is 7.07. The molecule has 1 aromatic heterocycles. The number of nitrogens with one attached hydrogen (secondary N) is 1. The minimum Gasteiger partial charge on any atom is -0.387 e. The second-order valence-electron chi connectivity index (χ2n) is 5.82. The van der Waals surface area contributed by atoms with Gasteiger partial charge in [0.05, 0.1) is 23.7 Å². The summed E-state index contributed by atoms with van der Waals surface area (Å²) in [6.07, 6.45) is 3.28. The van der Waals surface area contributed by atoms with Crippen LogP contribution in [0.3, 0.4) is 0 Å². The molecule has 0 fully saturated rings. The highest BCUT2D eigenvalue weighted by molar-refractivity contribution is 5.94. The smallest absolute Gasteiger partial charge is 0.251 e. The number of rotatable bonds is 6. The van der Waals surface area contributed by atoms with E-state index in [1.54, 1.807) is 42.2 Å². The Hall–Kier alpha value is -2.25. The molecule has 0 radical (unpaired) electrons. The van der Waals surface area contributed by atoms with Gasteiger partial charge in [-0.2, -0.15) is 0 Å². The number of benzene rings is 1. The van der Waals surface area contributed by atoms with E-state index in [9.17, 15) is 9.90 Å². The summed E-state index contributed by atoms with van der Waals surface area (Å²) in [4.78, 5) is 14.1. The van der Waals surface area contributed by atoms with Crippen molar-refractivity contribution in [3.8, 4) is 5.69 Å². The molecule has 22 heavy (non-hydrogen) atoms. The van der Waals surface area contributed by atoms with E-state index in [0.717, 1.165) is 5.69 Å². The van der Waals surface area contributed by atoms with E-state index < -0.39 is 5.60 Å². The van der Waals surface area contributed by atoms with Gasteiger partial charge in [0.25, 0.3) is 5.91 Å². The predicted octanol–water partition coefficient (Wildman–Crippen LogP) is 0.310. The van der Waals surface area contributed by atoms with Gasteiger partial charge in [-0.25, -0.2) is 4.68 Å². The molecule has 118 valence electrons. The van der Waals surface area contributed by atoms with E-state index in [1.165, 1.54) is 0 Å². The Morgan fingerprint density at radius 2 is 2.23 bits per heavy atom. The lowest BCUT2D eigenvalue weighted by Crippen LogP contribution is -2.47. The van der Waals surface area contributed by atoms with Crippen LogP contribution < -0.4 is 5.32 Å². The zero-order valence-corrected chi connectivity index (χ0v) is 13.0. The van der Waals surface area contributed by atoms with Crippen LogP contribution in [-0.2, 0) is 0 Å². The summed E-state index contributed by atoms with van der Waals surface area (Å²) in [5.41, 5.74) is 0.279. The monoisotopic (exact) mass is 303 g/mol. The molecule has 2 aromatic rings. The maximum atomic E-state index is 12.2. The molecule has 1 amide bonds. The van der Waals surface area contributed by atoms with Crippen molar-refractivity contribution >= 4 is 5.91 Å². The van der Waals surface area contributed by atoms with Crippen LogP contribution in [0.1, 0.15) is 17.3 Å². The van der Waals surface area contributed by atoms with Gasteiger partial charge in [-0.05, 0) is 39.2 Å². The van der Waals surface area contributed by atoms with E-state index in [2.05, 4.69) is 15.6 Å². The van der Waals surface area contributed by atoms with E-state index in [-0.39, 0.29) is 12.5 Å². The molecule has 1 heterocycles. The van der Waals surface area contributed by atoms with Crippen LogP contribution in [0.25, 0.3) is 5.69 Å². The van der Waals surface area contributed by atoms with E-state index in [4.69, 9.17) is 0 Å². The summed E-state index contributed by atoms with van der Waals surface area (Å²) < 4.78 is 1.58. The predicted molar refractivity (Wildman–Crippen MR) is 82.9 cm³/mol. The molecule has 7 heteroatoms. The molecule has 0 aliphatic carbocycles. The molecule has 0 saturated heterocycles. The van der Waals surface area contributed by atoms with E-state index in [1.807, 2.05) is 25.1 Å². The molecule has 2 N–H and O–H groups in total. The van der Waals surface area contributed by atoms with Crippen molar-refractivity contribution in [2.24, 2.45) is 0 Å². The Morgan fingerprint density at radius 3 is 2.86 bits per heavy atom. The number of nitrogens with zero attached hydrogens (tertiary/aromatic N) is 4. The van der Waals surface area contributed by atoms with Crippen LogP contribution in [0.4, 0.5) is 0 Å². The van der Waals surface area contributed by atoms with Gasteiger partial charge in [-0.15, -0.1) is 5.10 Å². The van der Waals surface area contributed by atoms with Crippen LogP contribution in [-0.4, -0.2) is 63.7 Å².